The number of benzene rings is 1. The van der Waals surface area contributed by atoms with Gasteiger partial charge in [0.15, 0.2) is 0 Å². The van der Waals surface area contributed by atoms with Crippen LogP contribution in [-0.4, -0.2) is 47.2 Å². The predicted molar refractivity (Wildman–Crippen MR) is 91.4 cm³/mol. The number of carbonyl (C=O) groups is 1. The van der Waals surface area contributed by atoms with E-state index >= 15 is 0 Å². The Labute approximate surface area is 146 Å². The van der Waals surface area contributed by atoms with Crippen molar-refractivity contribution in [2.75, 3.05) is 26.2 Å². The molecular formula is C18H23FN4O2. The van der Waals surface area contributed by atoms with Crippen molar-refractivity contribution in [2.24, 2.45) is 0 Å². The van der Waals surface area contributed by atoms with Gasteiger partial charge in [0.1, 0.15) is 5.82 Å². The summed E-state index contributed by atoms with van der Waals surface area (Å²) in [6.07, 6.45) is 2.71. The lowest BCUT2D eigenvalue weighted by Gasteiger charge is -2.29. The zero-order valence-corrected chi connectivity index (χ0v) is 14.4. The van der Waals surface area contributed by atoms with Gasteiger partial charge < -0.3 is 9.73 Å². The van der Waals surface area contributed by atoms with E-state index in [-0.39, 0.29) is 17.6 Å². The molecule has 1 aromatic heterocycles. The molecule has 1 amide bonds. The van der Waals surface area contributed by atoms with Gasteiger partial charge in [-0.2, -0.15) is 0 Å². The lowest BCUT2D eigenvalue weighted by Crippen LogP contribution is -2.41. The van der Waals surface area contributed by atoms with Crippen molar-refractivity contribution in [3.8, 4) is 11.5 Å². The van der Waals surface area contributed by atoms with Gasteiger partial charge in [0.2, 0.25) is 17.7 Å². The van der Waals surface area contributed by atoms with Gasteiger partial charge in [-0.3, -0.25) is 9.69 Å². The van der Waals surface area contributed by atoms with Gasteiger partial charge in [0.25, 0.3) is 0 Å². The van der Waals surface area contributed by atoms with Gasteiger partial charge in [-0.15, -0.1) is 10.2 Å². The highest BCUT2D eigenvalue weighted by molar-refractivity contribution is 5.77. The molecule has 0 unspecified atom stereocenters. The molecule has 0 atom stereocenters. The third-order valence-electron chi connectivity index (χ3n) is 4.41. The first kappa shape index (κ1) is 17.5. The Morgan fingerprint density at radius 2 is 2.00 bits per heavy atom. The van der Waals surface area contributed by atoms with Crippen LogP contribution in [0.3, 0.4) is 0 Å². The number of nitrogens with zero attached hydrogens (tertiary/aromatic N) is 3. The van der Waals surface area contributed by atoms with Crippen molar-refractivity contribution >= 4 is 5.91 Å². The molecule has 2 aromatic rings. The van der Waals surface area contributed by atoms with E-state index in [1.165, 1.54) is 12.1 Å². The zero-order valence-electron chi connectivity index (χ0n) is 14.4. The van der Waals surface area contributed by atoms with Gasteiger partial charge in [-0.05, 0) is 56.6 Å². The summed E-state index contributed by atoms with van der Waals surface area (Å²) in [5, 5.41) is 11.1. The molecule has 0 aliphatic carbocycles. The van der Waals surface area contributed by atoms with E-state index in [4.69, 9.17) is 4.42 Å². The summed E-state index contributed by atoms with van der Waals surface area (Å²) in [4.78, 5) is 13.9. The van der Waals surface area contributed by atoms with Crippen molar-refractivity contribution in [1.82, 2.24) is 20.4 Å². The Balaban J connectivity index is 1.53. The molecule has 0 bridgehead atoms. The average molecular weight is 346 g/mol. The molecule has 0 saturated carbocycles. The van der Waals surface area contributed by atoms with Crippen LogP contribution in [0, 0.1) is 5.82 Å². The second kappa shape index (κ2) is 8.20. The minimum absolute atomic E-state index is 0.0803. The van der Waals surface area contributed by atoms with Gasteiger partial charge in [0, 0.05) is 18.0 Å². The van der Waals surface area contributed by atoms with Crippen LogP contribution < -0.4 is 5.32 Å². The fourth-order valence-electron chi connectivity index (χ4n) is 2.97. The van der Waals surface area contributed by atoms with Crippen molar-refractivity contribution in [2.45, 2.75) is 32.1 Å². The Morgan fingerprint density at radius 3 is 2.68 bits per heavy atom. The molecule has 6 nitrogen and oxygen atoms in total. The molecule has 25 heavy (non-hydrogen) atoms. The molecule has 1 aliphatic rings. The van der Waals surface area contributed by atoms with Crippen LogP contribution in [0.15, 0.2) is 28.7 Å². The Morgan fingerprint density at radius 1 is 1.28 bits per heavy atom. The maximum atomic E-state index is 13.0. The highest BCUT2D eigenvalue weighted by atomic mass is 19.1. The summed E-state index contributed by atoms with van der Waals surface area (Å²) >= 11 is 0. The van der Waals surface area contributed by atoms with Crippen LogP contribution in [0.4, 0.5) is 4.39 Å². The summed E-state index contributed by atoms with van der Waals surface area (Å²) in [7, 11) is 0. The lowest BCUT2D eigenvalue weighted by molar-refractivity contribution is -0.122. The smallest absolute Gasteiger partial charge is 0.247 e. The normalized spacial score (nSPS) is 16.1. The van der Waals surface area contributed by atoms with E-state index < -0.39 is 0 Å². The van der Waals surface area contributed by atoms with Crippen LogP contribution in [0.5, 0.6) is 0 Å². The van der Waals surface area contributed by atoms with Crippen molar-refractivity contribution in [3.63, 3.8) is 0 Å². The van der Waals surface area contributed by atoms with Crippen LogP contribution in [0.2, 0.25) is 0 Å². The molecule has 0 radical (unpaired) electrons. The standard InChI is InChI=1S/C18H23FN4O2/c1-2-9-20-16(24)12-23-10-7-14(8-11-23)18-22-21-17(25-18)13-3-5-15(19)6-4-13/h3-6,14H,2,7-12H2,1H3,(H,20,24). The summed E-state index contributed by atoms with van der Waals surface area (Å²) in [6, 6.07) is 6.01. The Bertz CT molecular complexity index is 693. The van der Waals surface area contributed by atoms with Crippen molar-refractivity contribution in [3.05, 3.63) is 36.0 Å². The highest BCUT2D eigenvalue weighted by Crippen LogP contribution is 2.29. The monoisotopic (exact) mass is 346 g/mol. The molecule has 3 rings (SSSR count). The third kappa shape index (κ3) is 4.63. The minimum atomic E-state index is -0.293. The fraction of sp³-hybridized carbons (Fsp3) is 0.500. The number of hydrogen-bond acceptors (Lipinski definition) is 5. The number of carbonyl (C=O) groups excluding carboxylic acids is 1. The van der Waals surface area contributed by atoms with Gasteiger partial charge in [-0.1, -0.05) is 6.92 Å². The quantitative estimate of drug-likeness (QED) is 0.870. The van der Waals surface area contributed by atoms with E-state index in [9.17, 15) is 9.18 Å². The van der Waals surface area contributed by atoms with Crippen molar-refractivity contribution < 1.29 is 13.6 Å². The zero-order chi connectivity index (χ0) is 17.6. The molecule has 1 fully saturated rings. The summed E-state index contributed by atoms with van der Waals surface area (Å²) in [5.74, 6) is 1.03. The number of hydrogen-bond donors (Lipinski definition) is 1. The Kier molecular flexibility index (Phi) is 5.75. The number of amides is 1. The number of likely N-dealkylation sites (tertiary alicyclic amines) is 1. The van der Waals surface area contributed by atoms with E-state index in [1.807, 2.05) is 6.92 Å². The van der Waals surface area contributed by atoms with Crippen LogP contribution in [-0.2, 0) is 4.79 Å². The number of nitrogens with one attached hydrogen (secondary N) is 1. The number of rotatable bonds is 6. The predicted octanol–water partition coefficient (Wildman–Crippen LogP) is 2.58. The van der Waals surface area contributed by atoms with E-state index in [0.29, 0.717) is 23.9 Å². The SMILES string of the molecule is CCCNC(=O)CN1CCC(c2nnc(-c3ccc(F)cc3)o2)CC1. The summed E-state index contributed by atoms with van der Waals surface area (Å²) < 4.78 is 18.8. The molecule has 134 valence electrons. The van der Waals surface area contributed by atoms with Gasteiger partial charge >= 0.3 is 0 Å². The average Bonchev–Trinajstić information content (AvgIpc) is 3.11. The first-order valence-corrected chi connectivity index (χ1v) is 8.74. The fourth-order valence-corrected chi connectivity index (χ4v) is 2.97. The lowest BCUT2D eigenvalue weighted by atomic mass is 9.97. The van der Waals surface area contributed by atoms with Gasteiger partial charge in [0.05, 0.1) is 6.54 Å². The van der Waals surface area contributed by atoms with E-state index in [0.717, 1.165) is 38.9 Å². The maximum absolute atomic E-state index is 13.0. The second-order valence-corrected chi connectivity index (χ2v) is 6.35. The molecule has 0 spiro atoms. The Hall–Kier alpha value is -2.28. The third-order valence-corrected chi connectivity index (χ3v) is 4.41. The topological polar surface area (TPSA) is 71.3 Å². The van der Waals surface area contributed by atoms with Crippen LogP contribution in [0.1, 0.15) is 38.0 Å². The first-order chi connectivity index (χ1) is 12.2. The molecule has 1 aromatic carbocycles. The first-order valence-electron chi connectivity index (χ1n) is 8.74. The van der Waals surface area contributed by atoms with Crippen molar-refractivity contribution in [1.29, 1.82) is 0 Å². The largest absolute Gasteiger partial charge is 0.420 e. The second-order valence-electron chi connectivity index (χ2n) is 6.35. The molecule has 2 heterocycles. The number of piperidine rings is 1. The van der Waals surface area contributed by atoms with Crippen LogP contribution >= 0.6 is 0 Å². The van der Waals surface area contributed by atoms with E-state index in [1.54, 1.807) is 12.1 Å². The molecule has 7 heteroatoms. The molecule has 1 saturated heterocycles. The maximum Gasteiger partial charge on any atom is 0.247 e. The highest BCUT2D eigenvalue weighted by Gasteiger charge is 2.26. The van der Waals surface area contributed by atoms with Crippen LogP contribution in [0.25, 0.3) is 11.5 Å². The summed E-state index contributed by atoms with van der Waals surface area (Å²) in [5.41, 5.74) is 0.713. The van der Waals surface area contributed by atoms with E-state index in [2.05, 4.69) is 20.4 Å². The number of halogens is 1. The number of aromatic nitrogens is 2. The minimum Gasteiger partial charge on any atom is -0.420 e. The summed E-state index contributed by atoms with van der Waals surface area (Å²) in [6.45, 7) is 4.87. The molecule has 1 aliphatic heterocycles. The molecular weight excluding hydrogens is 323 g/mol. The van der Waals surface area contributed by atoms with Gasteiger partial charge in [-0.25, -0.2) is 4.39 Å². The molecule has 1 N–H and O–H groups in total.